The van der Waals surface area contributed by atoms with E-state index in [1.54, 1.807) is 24.3 Å². The summed E-state index contributed by atoms with van der Waals surface area (Å²) in [7, 11) is -3.56. The van der Waals surface area contributed by atoms with Crippen LogP contribution in [0.3, 0.4) is 0 Å². The van der Waals surface area contributed by atoms with Gasteiger partial charge in [0.25, 0.3) is 5.91 Å². The average molecular weight is 442 g/mol. The van der Waals surface area contributed by atoms with Crippen molar-refractivity contribution in [1.29, 1.82) is 0 Å². The van der Waals surface area contributed by atoms with Crippen LogP contribution in [0.15, 0.2) is 57.9 Å². The summed E-state index contributed by atoms with van der Waals surface area (Å²) in [6, 6.07) is 13.5. The number of amides is 1. The van der Waals surface area contributed by atoms with Gasteiger partial charge in [0.2, 0.25) is 21.7 Å². The fraction of sp³-hybridized carbons (Fsp3) is 0.286. The lowest BCUT2D eigenvalue weighted by molar-refractivity contribution is 0.0730. The average Bonchev–Trinajstić information content (AvgIpc) is 3.28. The van der Waals surface area contributed by atoms with Crippen LogP contribution in [0.5, 0.6) is 0 Å². The minimum Gasteiger partial charge on any atom is -0.379 e. The lowest BCUT2D eigenvalue weighted by atomic mass is 10.1. The highest BCUT2D eigenvalue weighted by molar-refractivity contribution is 7.89. The Morgan fingerprint density at radius 3 is 2.42 bits per heavy atom. The maximum atomic E-state index is 12.7. The maximum absolute atomic E-state index is 12.7. The van der Waals surface area contributed by atoms with Gasteiger partial charge in [-0.15, -0.1) is 0 Å². The highest BCUT2D eigenvalue weighted by Gasteiger charge is 2.26. The molecule has 9 nitrogen and oxygen atoms in total. The number of carbonyl (C=O) groups is 1. The molecule has 2 heterocycles. The lowest BCUT2D eigenvalue weighted by Gasteiger charge is -2.26. The Morgan fingerprint density at radius 2 is 1.74 bits per heavy atom. The van der Waals surface area contributed by atoms with Crippen LogP contribution < -0.4 is 5.32 Å². The Hall–Kier alpha value is -3.08. The normalized spacial score (nSPS) is 15.0. The number of rotatable bonds is 6. The molecule has 1 N–H and O–H groups in total. The molecule has 0 saturated carbocycles. The van der Waals surface area contributed by atoms with Crippen LogP contribution in [0.2, 0.25) is 0 Å². The summed E-state index contributed by atoms with van der Waals surface area (Å²) >= 11 is 0. The van der Waals surface area contributed by atoms with E-state index in [2.05, 4.69) is 15.5 Å². The quantitative estimate of drug-likeness (QED) is 0.621. The molecular formula is C21H22N4O5S. The van der Waals surface area contributed by atoms with Crippen molar-refractivity contribution in [3.63, 3.8) is 0 Å². The fourth-order valence-corrected chi connectivity index (χ4v) is 4.53. The Balaban J connectivity index is 1.40. The van der Waals surface area contributed by atoms with Crippen LogP contribution in [0.4, 0.5) is 0 Å². The van der Waals surface area contributed by atoms with E-state index >= 15 is 0 Å². The maximum Gasteiger partial charge on any atom is 0.251 e. The first kappa shape index (κ1) is 21.2. The molecule has 31 heavy (non-hydrogen) atoms. The van der Waals surface area contributed by atoms with Gasteiger partial charge in [0.05, 0.1) is 24.7 Å². The smallest absolute Gasteiger partial charge is 0.251 e. The second-order valence-corrected chi connectivity index (χ2v) is 9.04. The van der Waals surface area contributed by atoms with Crippen LogP contribution in [-0.4, -0.2) is 55.1 Å². The first-order valence-corrected chi connectivity index (χ1v) is 11.2. The van der Waals surface area contributed by atoms with E-state index in [1.807, 2.05) is 19.1 Å². The SMILES string of the molecule is Cc1ccc(C(=O)NCc2nc(-c3ccc(S(=O)(=O)N4CCOCC4)cc3)no2)cc1. The van der Waals surface area contributed by atoms with Gasteiger partial charge in [0.1, 0.15) is 0 Å². The number of aromatic nitrogens is 2. The minimum atomic E-state index is -3.56. The number of nitrogens with one attached hydrogen (secondary N) is 1. The van der Waals surface area contributed by atoms with Crippen molar-refractivity contribution in [2.45, 2.75) is 18.4 Å². The summed E-state index contributed by atoms with van der Waals surface area (Å²) in [5.41, 5.74) is 2.23. The molecule has 0 bridgehead atoms. The second-order valence-electron chi connectivity index (χ2n) is 7.10. The molecule has 0 aliphatic carbocycles. The zero-order chi connectivity index (χ0) is 21.8. The molecule has 1 fully saturated rings. The minimum absolute atomic E-state index is 0.0865. The van der Waals surface area contributed by atoms with E-state index in [0.717, 1.165) is 5.56 Å². The Bertz CT molecular complexity index is 1150. The van der Waals surface area contributed by atoms with Gasteiger partial charge in [0.15, 0.2) is 0 Å². The van der Waals surface area contributed by atoms with Gasteiger partial charge in [-0.2, -0.15) is 9.29 Å². The number of hydrogen-bond acceptors (Lipinski definition) is 7. The van der Waals surface area contributed by atoms with E-state index < -0.39 is 10.0 Å². The van der Waals surface area contributed by atoms with Crippen LogP contribution in [0, 0.1) is 6.92 Å². The molecule has 1 aromatic heterocycles. The van der Waals surface area contributed by atoms with Gasteiger partial charge in [0, 0.05) is 24.2 Å². The lowest BCUT2D eigenvalue weighted by Crippen LogP contribution is -2.40. The van der Waals surface area contributed by atoms with Crippen LogP contribution >= 0.6 is 0 Å². The zero-order valence-corrected chi connectivity index (χ0v) is 17.8. The van der Waals surface area contributed by atoms with E-state index in [1.165, 1.54) is 16.4 Å². The van der Waals surface area contributed by atoms with Crippen molar-refractivity contribution < 1.29 is 22.5 Å². The predicted octanol–water partition coefficient (Wildman–Crippen LogP) is 2.00. The molecule has 0 radical (unpaired) electrons. The zero-order valence-electron chi connectivity index (χ0n) is 16.9. The predicted molar refractivity (Wildman–Crippen MR) is 112 cm³/mol. The summed E-state index contributed by atoms with van der Waals surface area (Å²) in [6.45, 7) is 3.50. The summed E-state index contributed by atoms with van der Waals surface area (Å²) in [6.07, 6.45) is 0. The van der Waals surface area contributed by atoms with E-state index in [0.29, 0.717) is 43.3 Å². The Morgan fingerprint density at radius 1 is 1.06 bits per heavy atom. The monoisotopic (exact) mass is 442 g/mol. The van der Waals surface area contributed by atoms with Crippen LogP contribution in [0.25, 0.3) is 11.4 Å². The molecular weight excluding hydrogens is 420 g/mol. The first-order valence-electron chi connectivity index (χ1n) is 9.79. The number of nitrogens with zero attached hydrogens (tertiary/aromatic N) is 3. The molecule has 1 saturated heterocycles. The number of hydrogen-bond donors (Lipinski definition) is 1. The summed E-state index contributed by atoms with van der Waals surface area (Å²) in [5, 5.41) is 6.65. The molecule has 0 spiro atoms. The number of carbonyl (C=O) groups excluding carboxylic acids is 1. The van der Waals surface area contributed by atoms with Gasteiger partial charge in [-0.1, -0.05) is 22.9 Å². The molecule has 3 aromatic rings. The molecule has 1 aliphatic rings. The number of aryl methyl sites for hydroxylation is 1. The number of morpholine rings is 1. The first-order chi connectivity index (χ1) is 14.9. The van der Waals surface area contributed by atoms with Crippen molar-refractivity contribution in [2.24, 2.45) is 0 Å². The largest absolute Gasteiger partial charge is 0.379 e. The number of sulfonamides is 1. The van der Waals surface area contributed by atoms with Crippen LogP contribution in [0.1, 0.15) is 21.8 Å². The topological polar surface area (TPSA) is 115 Å². The highest BCUT2D eigenvalue weighted by atomic mass is 32.2. The van der Waals surface area contributed by atoms with Gasteiger partial charge >= 0.3 is 0 Å². The molecule has 162 valence electrons. The van der Waals surface area contributed by atoms with E-state index in [-0.39, 0.29) is 23.2 Å². The van der Waals surface area contributed by atoms with Crippen molar-refractivity contribution in [3.8, 4) is 11.4 Å². The molecule has 4 rings (SSSR count). The molecule has 1 amide bonds. The molecule has 0 unspecified atom stereocenters. The van der Waals surface area contributed by atoms with Crippen molar-refractivity contribution in [3.05, 3.63) is 65.5 Å². The number of benzene rings is 2. The van der Waals surface area contributed by atoms with Crippen molar-refractivity contribution >= 4 is 15.9 Å². The summed E-state index contributed by atoms with van der Waals surface area (Å²) in [5.74, 6) is 0.327. The third kappa shape index (κ3) is 4.82. The van der Waals surface area contributed by atoms with Gasteiger partial charge < -0.3 is 14.6 Å². The number of ether oxygens (including phenoxy) is 1. The summed E-state index contributed by atoms with van der Waals surface area (Å²) < 4.78 is 37.2. The van der Waals surface area contributed by atoms with Gasteiger partial charge in [-0.3, -0.25) is 4.79 Å². The van der Waals surface area contributed by atoms with Crippen molar-refractivity contribution in [2.75, 3.05) is 26.3 Å². The fourth-order valence-electron chi connectivity index (χ4n) is 3.12. The molecule has 2 aromatic carbocycles. The third-order valence-corrected chi connectivity index (χ3v) is 6.82. The van der Waals surface area contributed by atoms with Crippen molar-refractivity contribution in [1.82, 2.24) is 19.8 Å². The molecule has 0 atom stereocenters. The highest BCUT2D eigenvalue weighted by Crippen LogP contribution is 2.22. The van der Waals surface area contributed by atoms with E-state index in [9.17, 15) is 13.2 Å². The standard InChI is InChI=1S/C21H22N4O5S/c1-15-2-4-17(5-3-15)21(26)22-14-19-23-20(24-30-19)16-6-8-18(9-7-16)31(27,28)25-10-12-29-13-11-25/h2-9H,10-14H2,1H3,(H,22,26). The third-order valence-electron chi connectivity index (χ3n) is 4.90. The molecule has 10 heteroatoms. The second kappa shape index (κ2) is 8.96. The van der Waals surface area contributed by atoms with Gasteiger partial charge in [-0.25, -0.2) is 8.42 Å². The summed E-state index contributed by atoms with van der Waals surface area (Å²) in [4.78, 5) is 16.7. The van der Waals surface area contributed by atoms with E-state index in [4.69, 9.17) is 9.26 Å². The molecule has 1 aliphatic heterocycles. The Kier molecular flexibility index (Phi) is 6.12. The van der Waals surface area contributed by atoms with Crippen LogP contribution in [-0.2, 0) is 21.3 Å². The van der Waals surface area contributed by atoms with Gasteiger partial charge in [-0.05, 0) is 43.3 Å². The Labute approximate surface area is 180 Å².